The van der Waals surface area contributed by atoms with Gasteiger partial charge >= 0.3 is 0 Å². The van der Waals surface area contributed by atoms with Crippen LogP contribution in [-0.2, 0) is 25.6 Å². The van der Waals surface area contributed by atoms with Gasteiger partial charge in [-0.2, -0.15) is 0 Å². The maximum Gasteiger partial charge on any atom is 0.271 e. The summed E-state index contributed by atoms with van der Waals surface area (Å²) in [6.45, 7) is 5.32. The maximum absolute atomic E-state index is 14.0. The Morgan fingerprint density at radius 2 is 1.85 bits per heavy atom. The third kappa shape index (κ3) is 3.91. The number of anilines is 1. The van der Waals surface area contributed by atoms with Crippen LogP contribution in [0.4, 0.5) is 11.4 Å². The van der Waals surface area contributed by atoms with Gasteiger partial charge in [0, 0.05) is 40.3 Å². The zero-order valence-electron chi connectivity index (χ0n) is 22.2. The van der Waals surface area contributed by atoms with Crippen molar-refractivity contribution in [3.63, 3.8) is 0 Å². The number of ketones is 2. The Bertz CT molecular complexity index is 1700. The Balaban J connectivity index is 1.49. The molecule has 1 N–H and O–H groups in total. The van der Waals surface area contributed by atoms with Crippen LogP contribution in [0.25, 0.3) is 0 Å². The summed E-state index contributed by atoms with van der Waals surface area (Å²) in [5, 5.41) is 22.7. The van der Waals surface area contributed by atoms with Crippen LogP contribution in [0, 0.1) is 27.9 Å². The lowest BCUT2D eigenvalue weighted by Crippen LogP contribution is -2.39. The summed E-state index contributed by atoms with van der Waals surface area (Å²) in [6, 6.07) is 10.6. The number of phenols is 1. The molecule has 2 amide bonds. The molecule has 0 spiro atoms. The molecule has 1 fully saturated rings. The number of Topliss-reactive ketones (excluding diaryl/α,β-unsaturated/α-hetero) is 1. The summed E-state index contributed by atoms with van der Waals surface area (Å²) in [4.78, 5) is 66.2. The molecule has 0 saturated carbocycles. The highest BCUT2D eigenvalue weighted by molar-refractivity contribution is 6.25. The number of nitro benzene ring substituents is 1. The molecule has 1 heterocycles. The van der Waals surface area contributed by atoms with E-state index in [1.807, 2.05) is 6.08 Å². The van der Waals surface area contributed by atoms with E-state index in [2.05, 4.69) is 6.58 Å². The monoisotopic (exact) mass is 550 g/mol. The van der Waals surface area contributed by atoms with Crippen molar-refractivity contribution < 1.29 is 29.2 Å². The molecule has 3 aliphatic carbocycles. The van der Waals surface area contributed by atoms with Gasteiger partial charge in [0.05, 0.1) is 22.4 Å². The number of fused-ring (bicyclic) bond motifs is 3. The summed E-state index contributed by atoms with van der Waals surface area (Å²) in [5.74, 6) is -4.46. The first-order valence-corrected chi connectivity index (χ1v) is 13.4. The van der Waals surface area contributed by atoms with Crippen molar-refractivity contribution in [2.75, 3.05) is 4.90 Å². The lowest BCUT2D eigenvalue weighted by atomic mass is 9.59. The Kier molecular flexibility index (Phi) is 6.17. The first kappa shape index (κ1) is 26.3. The topological polar surface area (TPSA) is 135 Å². The minimum absolute atomic E-state index is 0.00788. The van der Waals surface area contributed by atoms with Crippen LogP contribution in [0.5, 0.6) is 5.75 Å². The van der Waals surface area contributed by atoms with Gasteiger partial charge in [-0.1, -0.05) is 42.0 Å². The molecule has 2 aromatic rings. The van der Waals surface area contributed by atoms with Crippen molar-refractivity contribution in [3.05, 3.63) is 111 Å². The number of benzene rings is 2. The average Bonchev–Trinajstić information content (AvgIpc) is 3.21. The molecular weight excluding hydrogens is 524 g/mol. The third-order valence-electron chi connectivity index (χ3n) is 8.69. The standard InChI is InChI=1S/C32H26N2O7/c1-3-6-17-7-4-10-21(30(17)37)26-20-11-12-22-27(23(20)15-24-28(26)25(35)13-16(2)29(24)36)32(39)33(31(22)38)18-8-5-9-19(14-18)34(40)41/h3-5,7-11,13-14,22-23,26-27,37H,1,6,12,15H2,2H3/t22-,23+,26+,27-/m0/s1. The fourth-order valence-electron chi connectivity index (χ4n) is 6.90. The molecule has 0 unspecified atom stereocenters. The highest BCUT2D eigenvalue weighted by atomic mass is 16.6. The lowest BCUT2D eigenvalue weighted by molar-refractivity contribution is -0.384. The molecule has 0 bridgehead atoms. The van der Waals surface area contributed by atoms with Crippen molar-refractivity contribution >= 4 is 34.8 Å². The average molecular weight is 551 g/mol. The van der Waals surface area contributed by atoms with Gasteiger partial charge in [0.1, 0.15) is 5.75 Å². The van der Waals surface area contributed by atoms with Crippen molar-refractivity contribution in [1.82, 2.24) is 0 Å². The van der Waals surface area contributed by atoms with E-state index in [0.717, 1.165) is 4.90 Å². The second-order valence-corrected chi connectivity index (χ2v) is 10.9. The Morgan fingerprint density at radius 3 is 2.59 bits per heavy atom. The smallest absolute Gasteiger partial charge is 0.271 e. The van der Waals surface area contributed by atoms with Crippen molar-refractivity contribution in [2.45, 2.75) is 32.1 Å². The molecule has 9 nitrogen and oxygen atoms in total. The summed E-state index contributed by atoms with van der Waals surface area (Å²) < 4.78 is 0. The number of carbonyl (C=O) groups is 4. The zero-order valence-corrected chi connectivity index (χ0v) is 22.2. The number of imide groups is 1. The third-order valence-corrected chi connectivity index (χ3v) is 8.69. The van der Waals surface area contributed by atoms with Crippen molar-refractivity contribution in [1.29, 1.82) is 0 Å². The van der Waals surface area contributed by atoms with Crippen LogP contribution in [0.1, 0.15) is 36.8 Å². The maximum atomic E-state index is 14.0. The number of hydrogen-bond acceptors (Lipinski definition) is 7. The predicted octanol–water partition coefficient (Wildman–Crippen LogP) is 4.66. The highest BCUT2D eigenvalue weighted by Gasteiger charge is 2.57. The van der Waals surface area contributed by atoms with E-state index in [1.165, 1.54) is 30.3 Å². The van der Waals surface area contributed by atoms with Crippen LogP contribution < -0.4 is 4.90 Å². The van der Waals surface area contributed by atoms with Gasteiger partial charge in [-0.3, -0.25) is 29.3 Å². The fourth-order valence-corrected chi connectivity index (χ4v) is 6.90. The molecular formula is C32H26N2O7. The highest BCUT2D eigenvalue weighted by Crippen LogP contribution is 2.56. The number of allylic oxidation sites excluding steroid dienone is 7. The Labute approximate surface area is 235 Å². The van der Waals surface area contributed by atoms with Gasteiger partial charge in [-0.25, -0.2) is 4.90 Å². The Hall–Kier alpha value is -4.92. The van der Waals surface area contributed by atoms with E-state index in [0.29, 0.717) is 39.8 Å². The SMILES string of the molecule is C=CCc1cccc([C@H]2C3=CC[C@@H]4C(=O)N(c5cccc([N+](=O)[O-])c5)C(=O)[C@@H]4[C@@H]3CC3=C2C(=O)C=C(C)C3=O)c1O. The first-order valence-electron chi connectivity index (χ1n) is 13.4. The number of carbonyl (C=O) groups excluding carboxylic acids is 4. The number of para-hydroxylation sites is 1. The van der Waals surface area contributed by atoms with Gasteiger partial charge in [-0.05, 0) is 49.8 Å². The van der Waals surface area contributed by atoms with Gasteiger partial charge in [-0.15, -0.1) is 6.58 Å². The van der Waals surface area contributed by atoms with Gasteiger partial charge in [0.15, 0.2) is 11.6 Å². The van der Waals surface area contributed by atoms with Gasteiger partial charge < -0.3 is 5.11 Å². The zero-order chi connectivity index (χ0) is 29.2. The minimum Gasteiger partial charge on any atom is -0.507 e. The van der Waals surface area contributed by atoms with E-state index in [1.54, 1.807) is 31.2 Å². The molecule has 1 aliphatic heterocycles. The number of amides is 2. The number of phenolic OH excluding ortho intramolecular Hbond substituents is 1. The van der Waals surface area contributed by atoms with Crippen molar-refractivity contribution in [3.8, 4) is 5.75 Å². The molecule has 1 saturated heterocycles. The summed E-state index contributed by atoms with van der Waals surface area (Å²) >= 11 is 0. The van der Waals surface area contributed by atoms with Crippen LogP contribution in [-0.4, -0.2) is 33.4 Å². The molecule has 41 heavy (non-hydrogen) atoms. The minimum atomic E-state index is -0.828. The second-order valence-electron chi connectivity index (χ2n) is 10.9. The molecule has 0 radical (unpaired) electrons. The van der Waals surface area contributed by atoms with E-state index in [4.69, 9.17) is 0 Å². The largest absolute Gasteiger partial charge is 0.507 e. The van der Waals surface area contributed by atoms with Crippen LogP contribution in [0.15, 0.2) is 89.6 Å². The van der Waals surface area contributed by atoms with E-state index < -0.39 is 40.4 Å². The quantitative estimate of drug-likeness (QED) is 0.188. The van der Waals surface area contributed by atoms with Gasteiger partial charge in [0.25, 0.3) is 5.69 Å². The molecule has 206 valence electrons. The summed E-state index contributed by atoms with van der Waals surface area (Å²) in [6.07, 6.45) is 5.55. The van der Waals surface area contributed by atoms with Gasteiger partial charge in [0.2, 0.25) is 11.8 Å². The second kappa shape index (κ2) is 9.62. The van der Waals surface area contributed by atoms with E-state index >= 15 is 0 Å². The number of hydrogen-bond donors (Lipinski definition) is 1. The summed E-state index contributed by atoms with van der Waals surface area (Å²) in [5.41, 5.74) is 2.54. The molecule has 6 rings (SSSR count). The molecule has 2 aromatic carbocycles. The predicted molar refractivity (Wildman–Crippen MR) is 149 cm³/mol. The first-order chi connectivity index (χ1) is 19.6. The van der Waals surface area contributed by atoms with Crippen LogP contribution in [0.2, 0.25) is 0 Å². The number of nitro groups is 1. The van der Waals surface area contributed by atoms with E-state index in [9.17, 15) is 34.4 Å². The lowest BCUT2D eigenvalue weighted by Gasteiger charge is -2.42. The molecule has 9 heteroatoms. The van der Waals surface area contributed by atoms with E-state index in [-0.39, 0.29) is 41.5 Å². The normalized spacial score (nSPS) is 25.3. The summed E-state index contributed by atoms with van der Waals surface area (Å²) in [7, 11) is 0. The fraction of sp³-hybridized carbons (Fsp3) is 0.250. The Morgan fingerprint density at radius 1 is 1.10 bits per heavy atom. The van der Waals surface area contributed by atoms with Crippen molar-refractivity contribution in [2.24, 2.45) is 17.8 Å². The molecule has 4 atom stereocenters. The van der Waals surface area contributed by atoms with Crippen LogP contribution >= 0.6 is 0 Å². The molecule has 0 aromatic heterocycles. The number of nitrogens with zero attached hydrogens (tertiary/aromatic N) is 2. The molecule has 4 aliphatic rings. The van der Waals surface area contributed by atoms with Crippen LogP contribution in [0.3, 0.4) is 0 Å². The number of aromatic hydroxyl groups is 1. The number of rotatable bonds is 5. The number of non-ortho nitro benzene ring substituents is 1.